The fourth-order valence-corrected chi connectivity index (χ4v) is 2.31. The first kappa shape index (κ1) is 14.3. The van der Waals surface area contributed by atoms with Crippen LogP contribution in [0.2, 0.25) is 0 Å². The fraction of sp³-hybridized carbons (Fsp3) is 0.385. The van der Waals surface area contributed by atoms with Crippen LogP contribution in [-0.4, -0.2) is 20.3 Å². The molecule has 0 fully saturated rings. The van der Waals surface area contributed by atoms with Gasteiger partial charge in [0.15, 0.2) is 11.5 Å². The molecule has 0 unspecified atom stereocenters. The Balaban J connectivity index is 2.94. The molecule has 17 heavy (non-hydrogen) atoms. The van der Waals surface area contributed by atoms with Crippen molar-refractivity contribution >= 4 is 22.6 Å². The second kappa shape index (κ2) is 7.55. The van der Waals surface area contributed by atoms with Gasteiger partial charge in [-0.1, -0.05) is 12.7 Å². The largest absolute Gasteiger partial charge is 0.493 e. The molecule has 0 aliphatic rings. The summed E-state index contributed by atoms with van der Waals surface area (Å²) < 4.78 is 12.0. The number of ether oxygens (including phenoxy) is 2. The van der Waals surface area contributed by atoms with Crippen LogP contribution >= 0.6 is 22.6 Å². The molecule has 2 N–H and O–H groups in total. The van der Waals surface area contributed by atoms with E-state index in [1.807, 2.05) is 6.07 Å². The molecular formula is C13H19INO2+. The first-order valence-corrected chi connectivity index (χ1v) is 6.72. The molecule has 1 rings (SSSR count). The van der Waals surface area contributed by atoms with E-state index < -0.39 is 0 Å². The van der Waals surface area contributed by atoms with Crippen molar-refractivity contribution in [2.75, 3.05) is 20.3 Å². The quantitative estimate of drug-likeness (QED) is 0.604. The van der Waals surface area contributed by atoms with Gasteiger partial charge in [0.2, 0.25) is 0 Å². The molecule has 0 heterocycles. The molecule has 0 amide bonds. The molecule has 0 aliphatic heterocycles. The third-order valence-electron chi connectivity index (χ3n) is 2.30. The molecule has 0 saturated carbocycles. The maximum atomic E-state index is 5.61. The lowest BCUT2D eigenvalue weighted by Gasteiger charge is -2.13. The molecule has 0 atom stereocenters. The number of hydrogen-bond donors (Lipinski definition) is 1. The highest BCUT2D eigenvalue weighted by atomic mass is 127. The Morgan fingerprint density at radius 1 is 1.47 bits per heavy atom. The summed E-state index contributed by atoms with van der Waals surface area (Å²) in [4.78, 5) is 0. The van der Waals surface area contributed by atoms with E-state index in [4.69, 9.17) is 9.47 Å². The van der Waals surface area contributed by atoms with Crippen molar-refractivity contribution in [3.8, 4) is 11.5 Å². The molecule has 0 radical (unpaired) electrons. The summed E-state index contributed by atoms with van der Waals surface area (Å²) in [7, 11) is 1.67. The lowest BCUT2D eigenvalue weighted by molar-refractivity contribution is -0.667. The Labute approximate surface area is 116 Å². The lowest BCUT2D eigenvalue weighted by Crippen LogP contribution is -2.81. The van der Waals surface area contributed by atoms with E-state index in [2.05, 4.69) is 47.5 Å². The Kier molecular flexibility index (Phi) is 6.36. The standard InChI is InChI=1S/C13H18INO2/c1-4-6-17-13-11(14)7-10(9-15-5-2)8-12(13)16-3/h4,7-8,15H,1,5-6,9H2,2-3H3/p+1. The summed E-state index contributed by atoms with van der Waals surface area (Å²) in [5.74, 6) is 1.59. The van der Waals surface area contributed by atoms with Crippen LogP contribution in [0, 0.1) is 3.57 Å². The molecule has 0 bridgehead atoms. The number of rotatable bonds is 7. The Hall–Kier alpha value is -0.750. The normalized spacial score (nSPS) is 10.1. The summed E-state index contributed by atoms with van der Waals surface area (Å²) >= 11 is 2.27. The predicted octanol–water partition coefficient (Wildman–Crippen LogP) is 1.95. The number of benzene rings is 1. The van der Waals surface area contributed by atoms with Crippen molar-refractivity contribution in [2.24, 2.45) is 0 Å². The number of methoxy groups -OCH3 is 1. The number of quaternary nitrogens is 1. The fourth-order valence-electron chi connectivity index (χ4n) is 1.48. The number of halogens is 1. The van der Waals surface area contributed by atoms with E-state index in [0.29, 0.717) is 6.61 Å². The zero-order chi connectivity index (χ0) is 12.7. The van der Waals surface area contributed by atoms with Crippen LogP contribution in [0.5, 0.6) is 11.5 Å². The van der Waals surface area contributed by atoms with E-state index >= 15 is 0 Å². The summed E-state index contributed by atoms with van der Waals surface area (Å²) in [5.41, 5.74) is 1.25. The minimum atomic E-state index is 0.493. The predicted molar refractivity (Wildman–Crippen MR) is 77.6 cm³/mol. The molecule has 0 aliphatic carbocycles. The zero-order valence-electron chi connectivity index (χ0n) is 10.3. The minimum absolute atomic E-state index is 0.493. The van der Waals surface area contributed by atoms with Crippen LogP contribution in [0.1, 0.15) is 12.5 Å². The van der Waals surface area contributed by atoms with Crippen molar-refractivity contribution in [3.05, 3.63) is 33.9 Å². The molecule has 0 spiro atoms. The van der Waals surface area contributed by atoms with Crippen molar-refractivity contribution < 1.29 is 14.8 Å². The smallest absolute Gasteiger partial charge is 0.174 e. The Morgan fingerprint density at radius 3 is 2.82 bits per heavy atom. The van der Waals surface area contributed by atoms with Gasteiger partial charge in [-0.15, -0.1) is 0 Å². The van der Waals surface area contributed by atoms with Gasteiger partial charge in [0, 0.05) is 5.56 Å². The number of hydrogen-bond acceptors (Lipinski definition) is 2. The summed E-state index contributed by atoms with van der Waals surface area (Å²) in [6.07, 6.45) is 1.73. The van der Waals surface area contributed by atoms with E-state index in [0.717, 1.165) is 28.2 Å². The van der Waals surface area contributed by atoms with E-state index in [9.17, 15) is 0 Å². The van der Waals surface area contributed by atoms with Gasteiger partial charge >= 0.3 is 0 Å². The Morgan fingerprint density at radius 2 is 2.24 bits per heavy atom. The van der Waals surface area contributed by atoms with Gasteiger partial charge in [-0.05, 0) is 41.6 Å². The molecule has 4 heteroatoms. The van der Waals surface area contributed by atoms with E-state index in [1.54, 1.807) is 13.2 Å². The molecule has 0 saturated heterocycles. The Bertz CT molecular complexity index is 380. The summed E-state index contributed by atoms with van der Waals surface area (Å²) in [6.45, 7) is 8.32. The average Bonchev–Trinajstić information content (AvgIpc) is 2.34. The van der Waals surface area contributed by atoms with Crippen LogP contribution in [0.25, 0.3) is 0 Å². The molecule has 1 aromatic rings. The highest BCUT2D eigenvalue weighted by Crippen LogP contribution is 2.33. The van der Waals surface area contributed by atoms with Crippen LogP contribution in [-0.2, 0) is 6.54 Å². The van der Waals surface area contributed by atoms with Crippen LogP contribution in [0.3, 0.4) is 0 Å². The third-order valence-corrected chi connectivity index (χ3v) is 3.10. The molecule has 1 aromatic carbocycles. The monoisotopic (exact) mass is 348 g/mol. The van der Waals surface area contributed by atoms with Gasteiger partial charge in [-0.2, -0.15) is 0 Å². The highest BCUT2D eigenvalue weighted by Gasteiger charge is 2.11. The second-order valence-corrected chi connectivity index (χ2v) is 4.77. The van der Waals surface area contributed by atoms with Gasteiger partial charge in [-0.3, -0.25) is 0 Å². The van der Waals surface area contributed by atoms with Crippen molar-refractivity contribution in [3.63, 3.8) is 0 Å². The lowest BCUT2D eigenvalue weighted by atomic mass is 10.2. The summed E-state index contributed by atoms with van der Waals surface area (Å²) in [6, 6.07) is 4.17. The SMILES string of the molecule is C=CCOc1c(I)cc(C[NH2+]CC)cc1OC. The van der Waals surface area contributed by atoms with Crippen LogP contribution < -0.4 is 14.8 Å². The minimum Gasteiger partial charge on any atom is -0.493 e. The topological polar surface area (TPSA) is 35.1 Å². The van der Waals surface area contributed by atoms with Crippen molar-refractivity contribution in [1.82, 2.24) is 0 Å². The molecule has 0 aromatic heterocycles. The zero-order valence-corrected chi connectivity index (χ0v) is 12.5. The average molecular weight is 348 g/mol. The maximum absolute atomic E-state index is 5.61. The van der Waals surface area contributed by atoms with Crippen LogP contribution in [0.15, 0.2) is 24.8 Å². The second-order valence-electron chi connectivity index (χ2n) is 3.61. The first-order chi connectivity index (χ1) is 8.22. The van der Waals surface area contributed by atoms with Gasteiger partial charge < -0.3 is 14.8 Å². The third kappa shape index (κ3) is 4.20. The van der Waals surface area contributed by atoms with Gasteiger partial charge in [0.1, 0.15) is 13.2 Å². The van der Waals surface area contributed by atoms with Gasteiger partial charge in [0.05, 0.1) is 17.2 Å². The van der Waals surface area contributed by atoms with Gasteiger partial charge in [0.25, 0.3) is 0 Å². The first-order valence-electron chi connectivity index (χ1n) is 5.64. The molecule has 94 valence electrons. The van der Waals surface area contributed by atoms with E-state index in [1.165, 1.54) is 5.56 Å². The number of nitrogens with two attached hydrogens (primary N) is 1. The van der Waals surface area contributed by atoms with Crippen LogP contribution in [0.4, 0.5) is 0 Å². The highest BCUT2D eigenvalue weighted by molar-refractivity contribution is 14.1. The van der Waals surface area contributed by atoms with Crippen molar-refractivity contribution in [2.45, 2.75) is 13.5 Å². The van der Waals surface area contributed by atoms with Crippen molar-refractivity contribution in [1.29, 1.82) is 0 Å². The van der Waals surface area contributed by atoms with Gasteiger partial charge in [-0.25, -0.2) is 0 Å². The van der Waals surface area contributed by atoms with E-state index in [-0.39, 0.29) is 0 Å². The maximum Gasteiger partial charge on any atom is 0.174 e. The molecular weight excluding hydrogens is 329 g/mol. The summed E-state index contributed by atoms with van der Waals surface area (Å²) in [5, 5.41) is 2.25. The molecule has 3 nitrogen and oxygen atoms in total.